The second-order valence-electron chi connectivity index (χ2n) is 6.17. The van der Waals surface area contributed by atoms with Crippen molar-refractivity contribution in [1.82, 2.24) is 9.99 Å². The summed E-state index contributed by atoms with van der Waals surface area (Å²) in [6.45, 7) is 7.05. The Kier molecular flexibility index (Phi) is 5.25. The fraction of sp³-hybridized carbons (Fsp3) is 0.190. The van der Waals surface area contributed by atoms with Crippen LogP contribution >= 0.6 is 11.6 Å². The lowest BCUT2D eigenvalue weighted by Crippen LogP contribution is -2.06. The van der Waals surface area contributed by atoms with Crippen LogP contribution in [0.25, 0.3) is 5.69 Å². The Hall–Kier alpha value is -2.52. The van der Waals surface area contributed by atoms with Crippen LogP contribution in [0.4, 0.5) is 0 Å². The van der Waals surface area contributed by atoms with Gasteiger partial charge in [0.25, 0.3) is 0 Å². The first-order valence-corrected chi connectivity index (χ1v) is 8.69. The molecule has 25 heavy (non-hydrogen) atoms. The molecule has 0 amide bonds. The summed E-state index contributed by atoms with van der Waals surface area (Å²) in [5.41, 5.74) is 10.2. The maximum absolute atomic E-state index is 5.90. The van der Waals surface area contributed by atoms with E-state index in [1.807, 2.05) is 30.5 Å². The smallest absolute Gasteiger partial charge is 0.0580 e. The van der Waals surface area contributed by atoms with Crippen molar-refractivity contribution >= 4 is 17.8 Å². The number of para-hydroxylation sites is 1. The van der Waals surface area contributed by atoms with Gasteiger partial charge < -0.3 is 9.99 Å². The Labute approximate surface area is 154 Å². The minimum absolute atomic E-state index is 0.671. The Morgan fingerprint density at radius 2 is 1.76 bits per heavy atom. The van der Waals surface area contributed by atoms with Crippen molar-refractivity contribution in [2.24, 2.45) is 5.10 Å². The highest BCUT2D eigenvalue weighted by atomic mass is 35.5. The molecule has 1 heterocycles. The number of hydrogen-bond acceptors (Lipinski definition) is 2. The summed E-state index contributed by atoms with van der Waals surface area (Å²) in [4.78, 5) is 0. The second-order valence-corrected chi connectivity index (χ2v) is 6.60. The molecule has 0 atom stereocenters. The van der Waals surface area contributed by atoms with E-state index in [4.69, 9.17) is 11.6 Å². The van der Waals surface area contributed by atoms with Gasteiger partial charge in [0.2, 0.25) is 0 Å². The SMILES string of the molecule is Cc1ccccc1-n1c(C)cc(/C=N\NCc2ccc(Cl)cc2)c1C. The largest absolute Gasteiger partial charge is 0.318 e. The molecule has 2 aromatic carbocycles. The number of hydrogen-bond donors (Lipinski definition) is 1. The van der Waals surface area contributed by atoms with Gasteiger partial charge in [0.15, 0.2) is 0 Å². The third-order valence-electron chi connectivity index (χ3n) is 4.32. The molecule has 1 aromatic heterocycles. The zero-order chi connectivity index (χ0) is 17.8. The van der Waals surface area contributed by atoms with Crippen LogP contribution in [-0.4, -0.2) is 10.8 Å². The standard InChI is InChI=1S/C21H22ClN3/c1-15-6-4-5-7-21(15)25-16(2)12-19(17(25)3)14-24-23-13-18-8-10-20(22)11-9-18/h4-12,14,23H,13H2,1-3H3/b24-14-. The van der Waals surface area contributed by atoms with E-state index in [0.29, 0.717) is 6.54 Å². The van der Waals surface area contributed by atoms with E-state index < -0.39 is 0 Å². The maximum Gasteiger partial charge on any atom is 0.0580 e. The van der Waals surface area contributed by atoms with E-state index in [1.54, 1.807) is 0 Å². The maximum atomic E-state index is 5.90. The molecule has 0 spiro atoms. The summed E-state index contributed by atoms with van der Waals surface area (Å²) in [5, 5.41) is 5.12. The summed E-state index contributed by atoms with van der Waals surface area (Å²) in [7, 11) is 0. The Bertz CT molecular complexity index is 892. The molecule has 3 aromatic rings. The summed E-state index contributed by atoms with van der Waals surface area (Å²) in [6.07, 6.45) is 1.88. The van der Waals surface area contributed by atoms with Gasteiger partial charge in [0.1, 0.15) is 0 Å². The summed E-state index contributed by atoms with van der Waals surface area (Å²) >= 11 is 5.90. The lowest BCUT2D eigenvalue weighted by Gasteiger charge is -2.12. The number of aryl methyl sites for hydroxylation is 2. The lowest BCUT2D eigenvalue weighted by atomic mass is 10.2. The third-order valence-corrected chi connectivity index (χ3v) is 4.57. The van der Waals surface area contributed by atoms with Crippen LogP contribution in [0.3, 0.4) is 0 Å². The number of hydrazone groups is 1. The molecule has 0 fully saturated rings. The number of aromatic nitrogens is 1. The monoisotopic (exact) mass is 351 g/mol. The van der Waals surface area contributed by atoms with Gasteiger partial charge in [-0.05, 0) is 56.2 Å². The minimum Gasteiger partial charge on any atom is -0.318 e. The van der Waals surface area contributed by atoms with Gasteiger partial charge in [-0.2, -0.15) is 5.10 Å². The first-order chi connectivity index (χ1) is 12.1. The molecule has 0 saturated heterocycles. The minimum atomic E-state index is 0.671. The number of halogens is 1. The van der Waals surface area contributed by atoms with Gasteiger partial charge in [-0.25, -0.2) is 0 Å². The van der Waals surface area contributed by atoms with E-state index in [1.165, 1.54) is 22.6 Å². The molecule has 0 radical (unpaired) electrons. The average molecular weight is 352 g/mol. The van der Waals surface area contributed by atoms with Crippen molar-refractivity contribution in [3.05, 3.63) is 87.7 Å². The predicted molar refractivity (Wildman–Crippen MR) is 106 cm³/mol. The summed E-state index contributed by atoms with van der Waals surface area (Å²) in [6, 6.07) is 18.3. The fourth-order valence-electron chi connectivity index (χ4n) is 2.96. The van der Waals surface area contributed by atoms with Crippen LogP contribution in [0, 0.1) is 20.8 Å². The van der Waals surface area contributed by atoms with Crippen molar-refractivity contribution in [3.63, 3.8) is 0 Å². The predicted octanol–water partition coefficient (Wildman–Crippen LogP) is 5.18. The number of nitrogens with one attached hydrogen (secondary N) is 1. The molecule has 3 nitrogen and oxygen atoms in total. The molecule has 0 aliphatic carbocycles. The average Bonchev–Trinajstić information content (AvgIpc) is 2.88. The molecule has 128 valence electrons. The lowest BCUT2D eigenvalue weighted by molar-refractivity contribution is 0.748. The molecule has 0 saturated carbocycles. The third kappa shape index (κ3) is 3.94. The molecule has 0 aliphatic rings. The molecule has 0 aliphatic heterocycles. The Morgan fingerprint density at radius 1 is 1.04 bits per heavy atom. The molecular formula is C21H22ClN3. The van der Waals surface area contributed by atoms with Gasteiger partial charge in [0, 0.05) is 27.7 Å². The number of benzene rings is 2. The zero-order valence-corrected chi connectivity index (χ0v) is 15.5. The summed E-state index contributed by atoms with van der Waals surface area (Å²) in [5.74, 6) is 0. The normalized spacial score (nSPS) is 11.2. The number of rotatable bonds is 5. The highest BCUT2D eigenvalue weighted by molar-refractivity contribution is 6.30. The molecular weight excluding hydrogens is 330 g/mol. The van der Waals surface area contributed by atoms with Gasteiger partial charge in [-0.1, -0.05) is 41.9 Å². The van der Waals surface area contributed by atoms with Crippen LogP contribution < -0.4 is 5.43 Å². The van der Waals surface area contributed by atoms with E-state index in [9.17, 15) is 0 Å². The van der Waals surface area contributed by atoms with Crippen molar-refractivity contribution < 1.29 is 0 Å². The summed E-state index contributed by atoms with van der Waals surface area (Å²) < 4.78 is 2.27. The first-order valence-electron chi connectivity index (χ1n) is 8.31. The second kappa shape index (κ2) is 7.58. The van der Waals surface area contributed by atoms with Crippen LogP contribution in [-0.2, 0) is 6.54 Å². The quantitative estimate of drug-likeness (QED) is 0.498. The zero-order valence-electron chi connectivity index (χ0n) is 14.8. The first kappa shape index (κ1) is 17.3. The van der Waals surface area contributed by atoms with Crippen LogP contribution in [0.15, 0.2) is 59.7 Å². The molecule has 0 bridgehead atoms. The van der Waals surface area contributed by atoms with Crippen LogP contribution in [0.2, 0.25) is 5.02 Å². The van der Waals surface area contributed by atoms with Gasteiger partial charge in [-0.3, -0.25) is 0 Å². The van der Waals surface area contributed by atoms with Gasteiger partial charge >= 0.3 is 0 Å². The van der Waals surface area contributed by atoms with E-state index >= 15 is 0 Å². The Balaban J connectivity index is 1.74. The number of nitrogens with zero attached hydrogens (tertiary/aromatic N) is 2. The molecule has 4 heteroatoms. The van der Waals surface area contributed by atoms with E-state index in [2.05, 4.69) is 66.2 Å². The van der Waals surface area contributed by atoms with Crippen molar-refractivity contribution in [2.45, 2.75) is 27.3 Å². The van der Waals surface area contributed by atoms with Crippen molar-refractivity contribution in [1.29, 1.82) is 0 Å². The van der Waals surface area contributed by atoms with E-state index in [0.717, 1.165) is 16.1 Å². The van der Waals surface area contributed by atoms with Crippen molar-refractivity contribution in [2.75, 3.05) is 0 Å². The molecule has 1 N–H and O–H groups in total. The van der Waals surface area contributed by atoms with Gasteiger partial charge in [0.05, 0.1) is 12.8 Å². The van der Waals surface area contributed by atoms with Crippen molar-refractivity contribution in [3.8, 4) is 5.69 Å². The Morgan fingerprint density at radius 3 is 2.48 bits per heavy atom. The highest BCUT2D eigenvalue weighted by Crippen LogP contribution is 2.22. The topological polar surface area (TPSA) is 29.3 Å². The fourth-order valence-corrected chi connectivity index (χ4v) is 3.08. The molecule has 0 unspecified atom stereocenters. The van der Waals surface area contributed by atoms with Gasteiger partial charge in [-0.15, -0.1) is 0 Å². The van der Waals surface area contributed by atoms with Crippen LogP contribution in [0.1, 0.15) is 28.1 Å². The molecule has 3 rings (SSSR count). The highest BCUT2D eigenvalue weighted by Gasteiger charge is 2.10. The van der Waals surface area contributed by atoms with E-state index in [-0.39, 0.29) is 0 Å². The van der Waals surface area contributed by atoms with Crippen LogP contribution in [0.5, 0.6) is 0 Å².